The lowest BCUT2D eigenvalue weighted by Gasteiger charge is -2.49. The average molecular weight is 495 g/mol. The van der Waals surface area contributed by atoms with E-state index in [1.165, 1.54) is 0 Å². The summed E-state index contributed by atoms with van der Waals surface area (Å²) in [6.45, 7) is 0. The molecule has 1 N–H and O–H groups in total. The molecule has 0 amide bonds. The Hall–Kier alpha value is 2.66. The number of carboxylic acids is 1. The van der Waals surface area contributed by atoms with E-state index in [1.54, 1.807) is 0 Å². The van der Waals surface area contributed by atoms with Crippen molar-refractivity contribution in [2.45, 2.75) is 21.1 Å². The molecule has 2 nitrogen and oxygen atoms in total. The highest BCUT2D eigenvalue weighted by atomic mass is 35.6. The number of hydrogen-bond donors (Lipinski definition) is 1. The van der Waals surface area contributed by atoms with Crippen LogP contribution in [0.15, 0.2) is 0 Å². The Morgan fingerprint density at radius 1 is 0.632 bits per heavy atom. The maximum atomic E-state index is 11.4. The highest BCUT2D eigenvalue weighted by Crippen LogP contribution is 2.66. The number of rotatable bonds is 2. The minimum absolute atomic E-state index is 1.97. The molecule has 0 rings (SSSR count). The van der Waals surface area contributed by atoms with Crippen LogP contribution in [-0.4, -0.2) is 32.2 Å². The molecule has 1 atom stereocenters. The van der Waals surface area contributed by atoms with Crippen LogP contribution in [0.2, 0.25) is 0 Å². The molecule has 114 valence electrons. The number of aliphatic carboxylic acids is 1. The van der Waals surface area contributed by atoms with Crippen LogP contribution in [0.5, 0.6) is 0 Å². The maximum absolute atomic E-state index is 11.4. The summed E-state index contributed by atoms with van der Waals surface area (Å²) in [6, 6.07) is 0. The molecule has 0 saturated heterocycles. The summed E-state index contributed by atoms with van der Waals surface area (Å²) in [5.41, 5.74) is 0. The quantitative estimate of drug-likeness (QED) is 0.468. The second-order valence-electron chi connectivity index (χ2n) is 3.12. The maximum Gasteiger partial charge on any atom is 0.331 e. The molecule has 0 aliphatic heterocycles. The molecule has 0 radical (unpaired) electrons. The summed E-state index contributed by atoms with van der Waals surface area (Å²) in [5, 5.41) is 9.21. The molecule has 19 heavy (non-hydrogen) atoms. The zero-order valence-corrected chi connectivity index (χ0v) is 16.3. The van der Waals surface area contributed by atoms with Gasteiger partial charge in [-0.25, -0.2) is 0 Å². The molecular formula is C6HCl11O2. The molecule has 0 fully saturated rings. The number of carboxylic acid groups (broad SMARTS) is 1. The predicted molar refractivity (Wildman–Crippen MR) is 85.7 cm³/mol. The molecule has 0 aliphatic rings. The molecule has 1 unspecified atom stereocenters. The van der Waals surface area contributed by atoms with Gasteiger partial charge in [0.2, 0.25) is 16.3 Å². The zero-order valence-electron chi connectivity index (χ0n) is 8.01. The van der Waals surface area contributed by atoms with Gasteiger partial charge in [0.25, 0.3) is 0 Å². The molecule has 13 heteroatoms. The van der Waals surface area contributed by atoms with Crippen molar-refractivity contribution in [2.24, 2.45) is 0 Å². The Bertz CT molecular complexity index is 349. The molecule has 0 saturated carbocycles. The first-order valence-corrected chi connectivity index (χ1v) is 7.91. The van der Waals surface area contributed by atoms with Crippen molar-refractivity contribution in [3.8, 4) is 0 Å². The fourth-order valence-corrected chi connectivity index (χ4v) is 4.76. The number of hydrogen-bond acceptors (Lipinski definition) is 1. The average Bonchev–Trinajstić information content (AvgIpc) is 2.09. The van der Waals surface area contributed by atoms with Crippen molar-refractivity contribution in [2.75, 3.05) is 0 Å². The molecule has 0 spiro atoms. The van der Waals surface area contributed by atoms with Crippen LogP contribution in [0.3, 0.4) is 0 Å². The fraction of sp³-hybridized carbons (Fsp3) is 0.833. The lowest BCUT2D eigenvalue weighted by molar-refractivity contribution is -0.141. The largest absolute Gasteiger partial charge is 0.480 e. The van der Waals surface area contributed by atoms with Crippen LogP contribution in [0, 0.1) is 0 Å². The van der Waals surface area contributed by atoms with Crippen LogP contribution in [-0.2, 0) is 4.79 Å². The Kier molecular flexibility index (Phi) is 7.16. The first kappa shape index (κ1) is 21.7. The van der Waals surface area contributed by atoms with Gasteiger partial charge in [-0.1, -0.05) is 116 Å². The van der Waals surface area contributed by atoms with Gasteiger partial charge in [-0.2, -0.15) is 0 Å². The van der Waals surface area contributed by atoms with Crippen molar-refractivity contribution in [3.05, 3.63) is 0 Å². The van der Waals surface area contributed by atoms with E-state index >= 15 is 0 Å². The van der Waals surface area contributed by atoms with Crippen molar-refractivity contribution < 1.29 is 9.90 Å². The summed E-state index contributed by atoms with van der Waals surface area (Å²) >= 11 is 61.7. The van der Waals surface area contributed by atoms with Gasteiger partial charge in [0, 0.05) is 0 Å². The van der Waals surface area contributed by atoms with E-state index in [2.05, 4.69) is 0 Å². The first-order chi connectivity index (χ1) is 7.94. The zero-order chi connectivity index (χ0) is 16.1. The van der Waals surface area contributed by atoms with Crippen LogP contribution >= 0.6 is 128 Å². The number of halogens is 11. The van der Waals surface area contributed by atoms with Crippen LogP contribution in [0.1, 0.15) is 0 Å². The van der Waals surface area contributed by atoms with Gasteiger partial charge in [0.05, 0.1) is 0 Å². The third kappa shape index (κ3) is 3.61. The Balaban J connectivity index is 6.54. The summed E-state index contributed by atoms with van der Waals surface area (Å²) in [5.74, 6) is -1.97. The number of alkyl halides is 11. The third-order valence-electron chi connectivity index (χ3n) is 1.94. The fourth-order valence-electron chi connectivity index (χ4n) is 1.02. The number of carbonyl (C=O) groups is 1. The van der Waals surface area contributed by atoms with Crippen LogP contribution in [0.25, 0.3) is 0 Å². The Morgan fingerprint density at radius 2 is 0.895 bits per heavy atom. The molecule has 0 aromatic carbocycles. The highest BCUT2D eigenvalue weighted by molar-refractivity contribution is 6.81. The molecular weight excluding hydrogens is 494 g/mol. The lowest BCUT2D eigenvalue weighted by atomic mass is 9.93. The van der Waals surface area contributed by atoms with E-state index in [-0.39, 0.29) is 0 Å². The van der Waals surface area contributed by atoms with Crippen molar-refractivity contribution in [1.29, 1.82) is 0 Å². The summed E-state index contributed by atoms with van der Waals surface area (Å²) < 4.78 is -8.22. The van der Waals surface area contributed by atoms with Gasteiger partial charge in [0.1, 0.15) is 0 Å². The summed E-state index contributed by atoms with van der Waals surface area (Å²) in [6.07, 6.45) is 0. The summed E-state index contributed by atoms with van der Waals surface area (Å²) in [7, 11) is 0. The monoisotopic (exact) mass is 490 g/mol. The van der Waals surface area contributed by atoms with Gasteiger partial charge >= 0.3 is 5.97 Å². The first-order valence-electron chi connectivity index (χ1n) is 3.76. The van der Waals surface area contributed by atoms with Gasteiger partial charge in [-0.15, -0.1) is 11.6 Å². The molecule has 0 aromatic heterocycles. The van der Waals surface area contributed by atoms with Crippen molar-refractivity contribution in [3.63, 3.8) is 0 Å². The molecule has 0 aliphatic carbocycles. The predicted octanol–water partition coefficient (Wildman–Crippen LogP) is 6.14. The van der Waals surface area contributed by atoms with E-state index in [9.17, 15) is 9.90 Å². The Morgan fingerprint density at radius 3 is 0.947 bits per heavy atom. The third-order valence-corrected chi connectivity index (χ3v) is 7.04. The Labute approximate surface area is 163 Å². The van der Waals surface area contributed by atoms with Gasteiger partial charge in [-0.3, -0.25) is 4.79 Å². The standard InChI is InChI=1S/C6HCl11O2/c7-2(1(18)19,4(9,10)11)3(8,5(12,13)14)6(15,16)17/h(H,18,19). The highest BCUT2D eigenvalue weighted by Gasteiger charge is 2.79. The van der Waals surface area contributed by atoms with E-state index in [0.717, 1.165) is 0 Å². The second kappa shape index (κ2) is 6.28. The SMILES string of the molecule is O=C(O)C(Cl)(C(Cl)(Cl)Cl)C(Cl)(C(Cl)(Cl)Cl)C(Cl)(Cl)Cl. The molecule has 0 bridgehead atoms. The van der Waals surface area contributed by atoms with E-state index in [0.29, 0.717) is 0 Å². The summed E-state index contributed by atoms with van der Waals surface area (Å²) in [4.78, 5) is 5.38. The topological polar surface area (TPSA) is 37.3 Å². The van der Waals surface area contributed by atoms with Gasteiger partial charge in [0.15, 0.2) is 4.87 Å². The van der Waals surface area contributed by atoms with Crippen LogP contribution < -0.4 is 0 Å². The molecule has 0 aromatic rings. The van der Waals surface area contributed by atoms with E-state index in [1.807, 2.05) is 0 Å². The smallest absolute Gasteiger partial charge is 0.331 e. The normalized spacial score (nSPS) is 18.1. The van der Waals surface area contributed by atoms with E-state index in [4.69, 9.17) is 128 Å². The molecule has 0 heterocycles. The minimum atomic E-state index is -3.08. The van der Waals surface area contributed by atoms with Gasteiger partial charge < -0.3 is 5.11 Å². The van der Waals surface area contributed by atoms with Crippen LogP contribution in [0.4, 0.5) is 0 Å². The van der Waals surface area contributed by atoms with Gasteiger partial charge in [-0.05, 0) is 0 Å². The van der Waals surface area contributed by atoms with Crippen molar-refractivity contribution >= 4 is 134 Å². The lowest BCUT2D eigenvalue weighted by Crippen LogP contribution is -2.70. The minimum Gasteiger partial charge on any atom is -0.480 e. The van der Waals surface area contributed by atoms with E-state index < -0.39 is 27.1 Å². The second-order valence-corrected chi connectivity index (χ2v) is 11.1. The van der Waals surface area contributed by atoms with Crippen molar-refractivity contribution in [1.82, 2.24) is 0 Å².